The highest BCUT2D eigenvalue weighted by Crippen LogP contribution is 2.29. The Morgan fingerprint density at radius 2 is 2.18 bits per heavy atom. The quantitative estimate of drug-likeness (QED) is 0.763. The summed E-state index contributed by atoms with van der Waals surface area (Å²) in [4.78, 5) is 0.832. The molecule has 1 aromatic rings. The Hall–Kier alpha value is -0.100. The van der Waals surface area contributed by atoms with Gasteiger partial charge in [-0.1, -0.05) is 11.6 Å². The van der Waals surface area contributed by atoms with Crippen molar-refractivity contribution >= 4 is 33.0 Å². The van der Waals surface area contributed by atoms with Crippen LogP contribution in [0.1, 0.15) is 4.88 Å². The van der Waals surface area contributed by atoms with E-state index in [2.05, 4.69) is 0 Å². The van der Waals surface area contributed by atoms with Crippen LogP contribution in [-0.2, 0) is 10.0 Å². The lowest BCUT2D eigenvalue weighted by molar-refractivity contribution is 0.600. The molecule has 11 heavy (non-hydrogen) atoms. The maximum Gasteiger partial charge on any atom is 0.249 e. The first kappa shape index (κ1) is 8.99. The third kappa shape index (κ3) is 1.93. The monoisotopic (exact) mass is 211 g/mol. The summed E-state index contributed by atoms with van der Waals surface area (Å²) in [6.45, 7) is 1.77. The molecular weight excluding hydrogens is 206 g/mol. The van der Waals surface area contributed by atoms with Crippen molar-refractivity contribution in [2.45, 2.75) is 11.1 Å². The number of nitrogens with two attached hydrogens (primary N) is 1. The van der Waals surface area contributed by atoms with Crippen LogP contribution in [0.5, 0.6) is 0 Å². The van der Waals surface area contributed by atoms with E-state index in [0.29, 0.717) is 0 Å². The van der Waals surface area contributed by atoms with E-state index in [0.717, 1.165) is 16.2 Å². The van der Waals surface area contributed by atoms with Gasteiger partial charge in [0.2, 0.25) is 10.0 Å². The average Bonchev–Trinajstić information content (AvgIpc) is 2.08. The van der Waals surface area contributed by atoms with E-state index in [1.54, 1.807) is 13.0 Å². The van der Waals surface area contributed by atoms with Crippen LogP contribution in [-0.4, -0.2) is 8.42 Å². The highest BCUT2D eigenvalue weighted by molar-refractivity contribution is 7.91. The van der Waals surface area contributed by atoms with Gasteiger partial charge in [0.05, 0.1) is 5.02 Å². The summed E-state index contributed by atoms with van der Waals surface area (Å²) < 4.78 is 21.6. The first-order valence-electron chi connectivity index (χ1n) is 2.70. The van der Waals surface area contributed by atoms with E-state index < -0.39 is 10.0 Å². The molecule has 0 saturated carbocycles. The lowest BCUT2D eigenvalue weighted by Gasteiger charge is -1.90. The molecule has 0 bridgehead atoms. The van der Waals surface area contributed by atoms with Gasteiger partial charge in [0.15, 0.2) is 4.21 Å². The maximum absolute atomic E-state index is 10.8. The molecule has 0 atom stereocenters. The molecule has 2 N–H and O–H groups in total. The van der Waals surface area contributed by atoms with Crippen molar-refractivity contribution in [3.8, 4) is 0 Å². The van der Waals surface area contributed by atoms with Crippen LogP contribution >= 0.6 is 22.9 Å². The fourth-order valence-electron chi connectivity index (χ4n) is 0.656. The maximum atomic E-state index is 10.8. The zero-order valence-electron chi connectivity index (χ0n) is 5.67. The second kappa shape index (κ2) is 2.75. The Morgan fingerprint density at radius 1 is 1.64 bits per heavy atom. The van der Waals surface area contributed by atoms with Gasteiger partial charge >= 0.3 is 0 Å². The summed E-state index contributed by atoms with van der Waals surface area (Å²) in [5.41, 5.74) is 0. The van der Waals surface area contributed by atoms with Gasteiger partial charge < -0.3 is 0 Å². The van der Waals surface area contributed by atoms with E-state index in [-0.39, 0.29) is 9.23 Å². The largest absolute Gasteiger partial charge is 0.249 e. The zero-order valence-corrected chi connectivity index (χ0v) is 8.05. The van der Waals surface area contributed by atoms with Gasteiger partial charge in [-0.2, -0.15) is 0 Å². The molecule has 0 aliphatic carbocycles. The number of rotatable bonds is 1. The molecule has 0 unspecified atom stereocenters. The second-order valence-corrected chi connectivity index (χ2v) is 5.46. The molecule has 0 aliphatic rings. The van der Waals surface area contributed by atoms with Crippen molar-refractivity contribution in [2.24, 2.45) is 5.14 Å². The molecule has 0 radical (unpaired) electrons. The number of sulfonamides is 1. The number of thiophene rings is 1. The van der Waals surface area contributed by atoms with Gasteiger partial charge in [-0.3, -0.25) is 0 Å². The van der Waals surface area contributed by atoms with Crippen molar-refractivity contribution in [2.75, 3.05) is 0 Å². The molecular formula is C5H6ClNO2S2. The smallest absolute Gasteiger partial charge is 0.224 e. The third-order valence-electron chi connectivity index (χ3n) is 1.04. The van der Waals surface area contributed by atoms with Gasteiger partial charge in [-0.05, 0) is 13.0 Å². The molecule has 1 aromatic heterocycles. The van der Waals surface area contributed by atoms with E-state index in [1.807, 2.05) is 0 Å². The van der Waals surface area contributed by atoms with Crippen molar-refractivity contribution in [3.05, 3.63) is 16.0 Å². The van der Waals surface area contributed by atoms with Crippen molar-refractivity contribution in [3.63, 3.8) is 0 Å². The highest BCUT2D eigenvalue weighted by atomic mass is 35.5. The van der Waals surface area contributed by atoms with Gasteiger partial charge in [0.25, 0.3) is 0 Å². The molecule has 0 spiro atoms. The highest BCUT2D eigenvalue weighted by Gasteiger charge is 2.15. The van der Waals surface area contributed by atoms with Gasteiger partial charge in [0.1, 0.15) is 0 Å². The van der Waals surface area contributed by atoms with Crippen LogP contribution in [0.15, 0.2) is 10.3 Å². The summed E-state index contributed by atoms with van der Waals surface area (Å²) in [6.07, 6.45) is 0. The van der Waals surface area contributed by atoms with Crippen LogP contribution < -0.4 is 5.14 Å². The summed E-state index contributed by atoms with van der Waals surface area (Å²) in [6, 6.07) is 1.58. The van der Waals surface area contributed by atoms with Crippen molar-refractivity contribution in [1.29, 1.82) is 0 Å². The lowest BCUT2D eigenvalue weighted by atomic mass is 10.5. The third-order valence-corrected chi connectivity index (χ3v) is 4.09. The summed E-state index contributed by atoms with van der Waals surface area (Å²) >= 11 is 6.66. The van der Waals surface area contributed by atoms with Crippen molar-refractivity contribution < 1.29 is 8.42 Å². The molecule has 0 saturated heterocycles. The number of primary sulfonamides is 1. The fraction of sp³-hybridized carbons (Fsp3) is 0.200. The number of hydrogen-bond donors (Lipinski definition) is 1. The van der Waals surface area contributed by atoms with Crippen LogP contribution in [0.2, 0.25) is 5.02 Å². The van der Waals surface area contributed by atoms with Gasteiger partial charge in [-0.25, -0.2) is 13.6 Å². The Balaban J connectivity index is 3.36. The topological polar surface area (TPSA) is 60.2 Å². The molecule has 0 aliphatic heterocycles. The average molecular weight is 212 g/mol. The zero-order chi connectivity index (χ0) is 8.65. The fourth-order valence-corrected chi connectivity index (χ4v) is 3.14. The van der Waals surface area contributed by atoms with Crippen molar-refractivity contribution in [1.82, 2.24) is 0 Å². The summed E-state index contributed by atoms with van der Waals surface area (Å²) in [5.74, 6) is 0. The summed E-state index contributed by atoms with van der Waals surface area (Å²) in [5, 5.41) is 5.07. The molecule has 0 aromatic carbocycles. The molecule has 62 valence electrons. The van der Waals surface area contributed by atoms with E-state index in [9.17, 15) is 8.42 Å². The molecule has 6 heteroatoms. The Kier molecular flexibility index (Phi) is 2.24. The minimum atomic E-state index is -3.63. The van der Waals surface area contributed by atoms with Crippen LogP contribution in [0, 0.1) is 6.92 Å². The Labute approximate surface area is 73.8 Å². The Morgan fingerprint density at radius 3 is 2.36 bits per heavy atom. The number of aryl methyl sites for hydroxylation is 1. The van der Waals surface area contributed by atoms with Gasteiger partial charge in [-0.15, -0.1) is 11.3 Å². The minimum absolute atomic E-state index is 0.0386. The minimum Gasteiger partial charge on any atom is -0.224 e. The van der Waals surface area contributed by atoms with E-state index in [1.165, 1.54) is 0 Å². The number of hydrogen-bond acceptors (Lipinski definition) is 3. The Bertz CT molecular complexity index is 368. The molecule has 3 nitrogen and oxygen atoms in total. The van der Waals surface area contributed by atoms with Gasteiger partial charge in [0, 0.05) is 4.88 Å². The molecule has 0 fully saturated rings. The molecule has 1 rings (SSSR count). The summed E-state index contributed by atoms with van der Waals surface area (Å²) in [7, 11) is -3.63. The predicted molar refractivity (Wildman–Crippen MR) is 45.4 cm³/mol. The SMILES string of the molecule is Cc1cc(Cl)c(S(N)(=O)=O)s1. The number of halogens is 1. The second-order valence-electron chi connectivity index (χ2n) is 2.04. The lowest BCUT2D eigenvalue weighted by Crippen LogP contribution is -2.10. The first-order valence-corrected chi connectivity index (χ1v) is 5.44. The van der Waals surface area contributed by atoms with Crippen LogP contribution in [0.3, 0.4) is 0 Å². The predicted octanol–water partition coefficient (Wildman–Crippen LogP) is 1.36. The van der Waals surface area contributed by atoms with Crippen LogP contribution in [0.4, 0.5) is 0 Å². The standard InChI is InChI=1S/C5H6ClNO2S2/c1-3-2-4(6)5(10-3)11(7,8)9/h2H,1H3,(H2,7,8,9). The molecule has 0 amide bonds. The van der Waals surface area contributed by atoms with E-state index in [4.69, 9.17) is 16.7 Å². The van der Waals surface area contributed by atoms with Crippen LogP contribution in [0.25, 0.3) is 0 Å². The normalized spacial score (nSPS) is 11.9. The first-order chi connectivity index (χ1) is 4.91. The molecule has 1 heterocycles. The van der Waals surface area contributed by atoms with E-state index >= 15 is 0 Å².